The summed E-state index contributed by atoms with van der Waals surface area (Å²) in [5, 5.41) is 12.6. The van der Waals surface area contributed by atoms with Gasteiger partial charge in [0.1, 0.15) is 11.0 Å². The number of nitrogens with one attached hydrogen (secondary N) is 1. The van der Waals surface area contributed by atoms with E-state index >= 15 is 0 Å². The molecule has 6 heteroatoms. The SMILES string of the molecule is CN(CCO)c1ccc(NCc2cccnc2Cl)nc1. The van der Waals surface area contributed by atoms with Crippen LogP contribution in [0.2, 0.25) is 5.15 Å². The quantitative estimate of drug-likeness (QED) is 0.799. The van der Waals surface area contributed by atoms with Crippen molar-refractivity contribution in [2.24, 2.45) is 0 Å². The summed E-state index contributed by atoms with van der Waals surface area (Å²) in [6, 6.07) is 7.62. The number of aromatic nitrogens is 2. The molecule has 2 aromatic rings. The molecule has 0 atom stereocenters. The fourth-order valence-corrected chi connectivity index (χ4v) is 1.92. The lowest BCUT2D eigenvalue weighted by molar-refractivity contribution is 0.304. The number of pyridine rings is 2. The molecule has 0 aromatic carbocycles. The standard InChI is InChI=1S/C14H17ClN4O/c1-19(7-8-20)12-4-5-13(18-10-12)17-9-11-3-2-6-16-14(11)15/h2-6,10,20H,7-9H2,1H3,(H,17,18). The molecule has 5 nitrogen and oxygen atoms in total. The van der Waals surface area contributed by atoms with Crippen LogP contribution in [0.3, 0.4) is 0 Å². The summed E-state index contributed by atoms with van der Waals surface area (Å²) in [4.78, 5) is 10.3. The minimum absolute atomic E-state index is 0.121. The predicted molar refractivity (Wildman–Crippen MR) is 81.2 cm³/mol. The highest BCUT2D eigenvalue weighted by molar-refractivity contribution is 6.30. The average Bonchev–Trinajstić information content (AvgIpc) is 2.47. The number of nitrogens with zero attached hydrogens (tertiary/aromatic N) is 3. The molecule has 0 unspecified atom stereocenters. The van der Waals surface area contributed by atoms with Crippen molar-refractivity contribution in [2.75, 3.05) is 30.4 Å². The van der Waals surface area contributed by atoms with E-state index in [0.29, 0.717) is 18.2 Å². The van der Waals surface area contributed by atoms with Crippen molar-refractivity contribution in [1.82, 2.24) is 9.97 Å². The number of hydrogen-bond donors (Lipinski definition) is 2. The molecule has 2 heterocycles. The lowest BCUT2D eigenvalue weighted by atomic mass is 10.3. The van der Waals surface area contributed by atoms with E-state index in [1.165, 1.54) is 0 Å². The summed E-state index contributed by atoms with van der Waals surface area (Å²) in [7, 11) is 1.91. The van der Waals surface area contributed by atoms with Gasteiger partial charge < -0.3 is 15.3 Å². The van der Waals surface area contributed by atoms with Crippen molar-refractivity contribution >= 4 is 23.1 Å². The van der Waals surface area contributed by atoms with Crippen molar-refractivity contribution < 1.29 is 5.11 Å². The van der Waals surface area contributed by atoms with E-state index in [0.717, 1.165) is 17.1 Å². The number of hydrogen-bond acceptors (Lipinski definition) is 5. The molecule has 0 spiro atoms. The first-order chi connectivity index (χ1) is 9.70. The zero-order valence-corrected chi connectivity index (χ0v) is 12.0. The molecule has 106 valence electrons. The molecule has 2 aromatic heterocycles. The number of aliphatic hydroxyl groups is 1. The van der Waals surface area contributed by atoms with Crippen molar-refractivity contribution in [3.63, 3.8) is 0 Å². The molecular formula is C14H17ClN4O. The summed E-state index contributed by atoms with van der Waals surface area (Å²) in [5.74, 6) is 0.770. The van der Waals surface area contributed by atoms with Crippen LogP contribution in [0.4, 0.5) is 11.5 Å². The van der Waals surface area contributed by atoms with Crippen molar-refractivity contribution in [2.45, 2.75) is 6.54 Å². The average molecular weight is 293 g/mol. The summed E-state index contributed by atoms with van der Waals surface area (Å²) < 4.78 is 0. The molecular weight excluding hydrogens is 276 g/mol. The first-order valence-corrected chi connectivity index (χ1v) is 6.70. The maximum Gasteiger partial charge on any atom is 0.133 e. The van der Waals surface area contributed by atoms with Crippen LogP contribution in [0.25, 0.3) is 0 Å². The second-order valence-electron chi connectivity index (χ2n) is 4.35. The molecule has 0 fully saturated rings. The van der Waals surface area contributed by atoms with E-state index in [-0.39, 0.29) is 6.61 Å². The third-order valence-electron chi connectivity index (χ3n) is 2.92. The zero-order valence-electron chi connectivity index (χ0n) is 11.3. The van der Waals surface area contributed by atoms with Gasteiger partial charge >= 0.3 is 0 Å². The van der Waals surface area contributed by atoms with Crippen LogP contribution in [-0.2, 0) is 6.54 Å². The molecule has 2 N–H and O–H groups in total. The van der Waals surface area contributed by atoms with Gasteiger partial charge in [-0.05, 0) is 18.2 Å². The Hall–Kier alpha value is -1.85. The Kier molecular flexibility index (Phi) is 5.15. The summed E-state index contributed by atoms with van der Waals surface area (Å²) in [6.45, 7) is 1.28. The number of anilines is 2. The number of likely N-dealkylation sites (N-methyl/N-ethyl adjacent to an activating group) is 1. The van der Waals surface area contributed by atoms with Gasteiger partial charge in [0, 0.05) is 31.9 Å². The van der Waals surface area contributed by atoms with Crippen LogP contribution in [0.15, 0.2) is 36.7 Å². The van der Waals surface area contributed by atoms with Crippen LogP contribution < -0.4 is 10.2 Å². The van der Waals surface area contributed by atoms with E-state index < -0.39 is 0 Å². The smallest absolute Gasteiger partial charge is 0.133 e. The molecule has 0 aliphatic rings. The van der Waals surface area contributed by atoms with Gasteiger partial charge in [-0.1, -0.05) is 17.7 Å². The van der Waals surface area contributed by atoms with Crippen LogP contribution >= 0.6 is 11.6 Å². The molecule has 0 aliphatic carbocycles. The molecule has 0 saturated carbocycles. The Labute approximate surface area is 123 Å². The van der Waals surface area contributed by atoms with Crippen LogP contribution in [0.1, 0.15) is 5.56 Å². The highest BCUT2D eigenvalue weighted by Crippen LogP contribution is 2.16. The first kappa shape index (κ1) is 14.6. The van der Waals surface area contributed by atoms with Gasteiger partial charge in [-0.2, -0.15) is 0 Å². The van der Waals surface area contributed by atoms with E-state index in [1.54, 1.807) is 12.4 Å². The van der Waals surface area contributed by atoms with Gasteiger partial charge in [0.15, 0.2) is 0 Å². The topological polar surface area (TPSA) is 61.3 Å². The lowest BCUT2D eigenvalue weighted by Crippen LogP contribution is -2.21. The predicted octanol–water partition coefficient (Wildman–Crippen LogP) is 2.17. The fraction of sp³-hybridized carbons (Fsp3) is 0.286. The van der Waals surface area contributed by atoms with Crippen molar-refractivity contribution in [3.05, 3.63) is 47.4 Å². The lowest BCUT2D eigenvalue weighted by Gasteiger charge is -2.17. The molecule has 0 amide bonds. The highest BCUT2D eigenvalue weighted by Gasteiger charge is 2.03. The normalized spacial score (nSPS) is 10.3. The van der Waals surface area contributed by atoms with Gasteiger partial charge in [0.25, 0.3) is 0 Å². The molecule has 0 bridgehead atoms. The number of aliphatic hydroxyl groups excluding tert-OH is 1. The van der Waals surface area contributed by atoms with E-state index in [9.17, 15) is 0 Å². The van der Waals surface area contributed by atoms with Gasteiger partial charge in [0.05, 0.1) is 18.5 Å². The summed E-state index contributed by atoms with van der Waals surface area (Å²) in [5.41, 5.74) is 1.89. The van der Waals surface area contributed by atoms with Gasteiger partial charge in [-0.25, -0.2) is 9.97 Å². The summed E-state index contributed by atoms with van der Waals surface area (Å²) >= 11 is 5.99. The Morgan fingerprint density at radius 3 is 2.80 bits per heavy atom. The van der Waals surface area contributed by atoms with Crippen molar-refractivity contribution in [1.29, 1.82) is 0 Å². The number of halogens is 1. The minimum atomic E-state index is 0.121. The molecule has 20 heavy (non-hydrogen) atoms. The van der Waals surface area contributed by atoms with E-state index in [2.05, 4.69) is 15.3 Å². The van der Waals surface area contributed by atoms with E-state index in [4.69, 9.17) is 16.7 Å². The molecule has 0 radical (unpaired) electrons. The van der Waals surface area contributed by atoms with Gasteiger partial charge in [0.2, 0.25) is 0 Å². The monoisotopic (exact) mass is 292 g/mol. The minimum Gasteiger partial charge on any atom is -0.395 e. The second-order valence-corrected chi connectivity index (χ2v) is 4.71. The van der Waals surface area contributed by atoms with E-state index in [1.807, 2.05) is 36.2 Å². The second kappa shape index (κ2) is 7.07. The third-order valence-corrected chi connectivity index (χ3v) is 3.26. The zero-order chi connectivity index (χ0) is 14.4. The Morgan fingerprint density at radius 2 is 2.15 bits per heavy atom. The van der Waals surface area contributed by atoms with Gasteiger partial charge in [-0.3, -0.25) is 0 Å². The van der Waals surface area contributed by atoms with Gasteiger partial charge in [-0.15, -0.1) is 0 Å². The first-order valence-electron chi connectivity index (χ1n) is 6.32. The molecule has 0 saturated heterocycles. The largest absolute Gasteiger partial charge is 0.395 e. The highest BCUT2D eigenvalue weighted by atomic mass is 35.5. The molecule has 0 aliphatic heterocycles. The van der Waals surface area contributed by atoms with Crippen LogP contribution in [-0.4, -0.2) is 35.3 Å². The summed E-state index contributed by atoms with van der Waals surface area (Å²) in [6.07, 6.45) is 3.43. The van der Waals surface area contributed by atoms with Crippen LogP contribution in [0.5, 0.6) is 0 Å². The fourth-order valence-electron chi connectivity index (χ4n) is 1.73. The third kappa shape index (κ3) is 3.82. The Bertz CT molecular complexity index is 547. The van der Waals surface area contributed by atoms with Crippen molar-refractivity contribution in [3.8, 4) is 0 Å². The van der Waals surface area contributed by atoms with Crippen LogP contribution in [0, 0.1) is 0 Å². The molecule has 2 rings (SSSR count). The number of rotatable bonds is 6. The maximum atomic E-state index is 8.90. The maximum absolute atomic E-state index is 8.90. The Morgan fingerprint density at radius 1 is 1.30 bits per heavy atom. The Balaban J connectivity index is 1.96.